The van der Waals surface area contributed by atoms with E-state index in [0.717, 1.165) is 5.56 Å². The van der Waals surface area contributed by atoms with Crippen LogP contribution in [-0.2, 0) is 19.6 Å². The minimum atomic E-state index is -4.35. The van der Waals surface area contributed by atoms with Gasteiger partial charge < -0.3 is 10.3 Å². The minimum absolute atomic E-state index is 0.204. The Kier molecular flexibility index (Phi) is 3.11. The van der Waals surface area contributed by atoms with Crippen LogP contribution in [0.3, 0.4) is 0 Å². The number of aryl methyl sites for hydroxylation is 2. The predicted octanol–water partition coefficient (Wildman–Crippen LogP) is 3.01. The number of halogens is 3. The van der Waals surface area contributed by atoms with Crippen LogP contribution in [0.5, 0.6) is 0 Å². The standard InChI is InChI=1S/C13H15F3N2/c1-8-3-4-9-10(5-6-17)12(13(14,15)16)18(2)11(9)7-8/h3-4,7H,5-6,17H2,1-2H3. The van der Waals surface area contributed by atoms with Gasteiger partial charge in [-0.25, -0.2) is 0 Å². The van der Waals surface area contributed by atoms with Gasteiger partial charge in [0.25, 0.3) is 0 Å². The smallest absolute Gasteiger partial charge is 0.340 e. The molecule has 0 saturated heterocycles. The van der Waals surface area contributed by atoms with E-state index >= 15 is 0 Å². The number of fused-ring (bicyclic) bond motifs is 1. The average Bonchev–Trinajstić information content (AvgIpc) is 2.52. The van der Waals surface area contributed by atoms with Gasteiger partial charge in [-0.2, -0.15) is 13.2 Å². The molecular formula is C13H15F3N2. The highest BCUT2D eigenvalue weighted by Gasteiger charge is 2.37. The van der Waals surface area contributed by atoms with Crippen molar-refractivity contribution in [3.63, 3.8) is 0 Å². The Bertz CT molecular complexity index is 582. The molecule has 0 bridgehead atoms. The van der Waals surface area contributed by atoms with E-state index in [2.05, 4.69) is 0 Å². The zero-order valence-electron chi connectivity index (χ0n) is 10.3. The predicted molar refractivity (Wildman–Crippen MR) is 65.4 cm³/mol. The number of rotatable bonds is 2. The van der Waals surface area contributed by atoms with E-state index in [4.69, 9.17) is 5.73 Å². The summed E-state index contributed by atoms with van der Waals surface area (Å²) in [7, 11) is 1.45. The molecule has 2 rings (SSSR count). The fourth-order valence-electron chi connectivity index (χ4n) is 2.38. The molecule has 1 heterocycles. The molecule has 0 saturated carbocycles. The molecular weight excluding hydrogens is 241 g/mol. The second-order valence-electron chi connectivity index (χ2n) is 4.44. The summed E-state index contributed by atoms with van der Waals surface area (Å²) in [5.74, 6) is 0. The summed E-state index contributed by atoms with van der Waals surface area (Å²) in [6.07, 6.45) is -4.12. The number of hydrogen-bond donors (Lipinski definition) is 1. The minimum Gasteiger partial charge on any atom is -0.340 e. The molecule has 0 spiro atoms. The number of nitrogens with two attached hydrogens (primary N) is 1. The van der Waals surface area contributed by atoms with E-state index in [1.54, 1.807) is 12.1 Å². The number of aromatic nitrogens is 1. The number of hydrogen-bond acceptors (Lipinski definition) is 1. The number of benzene rings is 1. The van der Waals surface area contributed by atoms with E-state index in [1.165, 1.54) is 11.6 Å². The summed E-state index contributed by atoms with van der Waals surface area (Å²) in [4.78, 5) is 0. The lowest BCUT2D eigenvalue weighted by molar-refractivity contribution is -0.143. The van der Waals surface area contributed by atoms with Gasteiger partial charge in [0.05, 0.1) is 0 Å². The number of nitrogens with zero attached hydrogens (tertiary/aromatic N) is 1. The number of alkyl halides is 3. The molecule has 0 aliphatic rings. The lowest BCUT2D eigenvalue weighted by Gasteiger charge is -2.11. The maximum atomic E-state index is 13.1. The molecule has 5 heteroatoms. The van der Waals surface area contributed by atoms with Crippen LogP contribution in [0.25, 0.3) is 10.9 Å². The molecule has 0 atom stereocenters. The van der Waals surface area contributed by atoms with Gasteiger partial charge >= 0.3 is 6.18 Å². The van der Waals surface area contributed by atoms with E-state index in [0.29, 0.717) is 16.5 Å². The highest BCUT2D eigenvalue weighted by atomic mass is 19.4. The van der Waals surface area contributed by atoms with Gasteiger partial charge in [-0.1, -0.05) is 12.1 Å². The first-order chi connectivity index (χ1) is 8.36. The summed E-state index contributed by atoms with van der Waals surface area (Å²) < 4.78 is 40.5. The molecule has 2 nitrogen and oxygen atoms in total. The van der Waals surface area contributed by atoms with Crippen LogP contribution in [0.2, 0.25) is 0 Å². The van der Waals surface area contributed by atoms with Crippen molar-refractivity contribution < 1.29 is 13.2 Å². The van der Waals surface area contributed by atoms with E-state index in [9.17, 15) is 13.2 Å². The van der Waals surface area contributed by atoms with Gasteiger partial charge in [0.15, 0.2) is 0 Å². The van der Waals surface area contributed by atoms with Crippen molar-refractivity contribution >= 4 is 10.9 Å². The van der Waals surface area contributed by atoms with Crippen molar-refractivity contribution in [3.8, 4) is 0 Å². The molecule has 0 fully saturated rings. The molecule has 2 N–H and O–H groups in total. The zero-order valence-corrected chi connectivity index (χ0v) is 10.3. The average molecular weight is 256 g/mol. The van der Waals surface area contributed by atoms with Crippen molar-refractivity contribution in [2.24, 2.45) is 12.8 Å². The first kappa shape index (κ1) is 13.0. The third-order valence-corrected chi connectivity index (χ3v) is 3.12. The second kappa shape index (κ2) is 4.31. The maximum absolute atomic E-state index is 13.1. The van der Waals surface area contributed by atoms with Gasteiger partial charge in [-0.3, -0.25) is 0 Å². The van der Waals surface area contributed by atoms with Crippen molar-refractivity contribution in [3.05, 3.63) is 35.0 Å². The third kappa shape index (κ3) is 1.99. The molecule has 0 radical (unpaired) electrons. The molecule has 98 valence electrons. The van der Waals surface area contributed by atoms with Crippen LogP contribution in [0.1, 0.15) is 16.8 Å². The van der Waals surface area contributed by atoms with Gasteiger partial charge in [0, 0.05) is 18.0 Å². The summed E-state index contributed by atoms with van der Waals surface area (Å²) in [6.45, 7) is 2.07. The quantitative estimate of drug-likeness (QED) is 0.879. The maximum Gasteiger partial charge on any atom is 0.431 e. The summed E-state index contributed by atoms with van der Waals surface area (Å²) in [5.41, 5.74) is 6.67. The van der Waals surface area contributed by atoms with Crippen LogP contribution in [0, 0.1) is 6.92 Å². The van der Waals surface area contributed by atoms with Gasteiger partial charge in [0.1, 0.15) is 5.69 Å². The SMILES string of the molecule is Cc1ccc2c(CCN)c(C(F)(F)F)n(C)c2c1. The highest BCUT2D eigenvalue weighted by Crippen LogP contribution is 2.37. The van der Waals surface area contributed by atoms with Gasteiger partial charge in [-0.05, 0) is 37.1 Å². The Morgan fingerprint density at radius 1 is 1.28 bits per heavy atom. The van der Waals surface area contributed by atoms with Crippen molar-refractivity contribution in [2.75, 3.05) is 6.54 Å². The molecule has 0 aliphatic heterocycles. The van der Waals surface area contributed by atoms with Crippen LogP contribution in [0.15, 0.2) is 18.2 Å². The molecule has 2 aromatic rings. The molecule has 18 heavy (non-hydrogen) atoms. The summed E-state index contributed by atoms with van der Waals surface area (Å²) in [6, 6.07) is 5.33. The molecule has 1 aromatic heterocycles. The Hall–Kier alpha value is -1.49. The highest BCUT2D eigenvalue weighted by molar-refractivity contribution is 5.86. The van der Waals surface area contributed by atoms with Crippen LogP contribution < -0.4 is 5.73 Å². The van der Waals surface area contributed by atoms with Gasteiger partial charge in [0.2, 0.25) is 0 Å². The Labute approximate surface area is 103 Å². The lowest BCUT2D eigenvalue weighted by atomic mass is 10.1. The first-order valence-electron chi connectivity index (χ1n) is 5.71. The van der Waals surface area contributed by atoms with Gasteiger partial charge in [-0.15, -0.1) is 0 Å². The summed E-state index contributed by atoms with van der Waals surface area (Å²) in [5, 5.41) is 0.640. The zero-order chi connectivity index (χ0) is 13.5. The summed E-state index contributed by atoms with van der Waals surface area (Å²) >= 11 is 0. The molecule has 1 aromatic carbocycles. The van der Waals surface area contributed by atoms with Crippen molar-refractivity contribution in [1.82, 2.24) is 4.57 Å². The first-order valence-corrected chi connectivity index (χ1v) is 5.71. The molecule has 0 amide bonds. The second-order valence-corrected chi connectivity index (χ2v) is 4.44. The normalized spacial score (nSPS) is 12.3. The fraction of sp³-hybridized carbons (Fsp3) is 0.385. The topological polar surface area (TPSA) is 30.9 Å². The Morgan fingerprint density at radius 2 is 1.94 bits per heavy atom. The largest absolute Gasteiger partial charge is 0.431 e. The monoisotopic (exact) mass is 256 g/mol. The van der Waals surface area contributed by atoms with Crippen molar-refractivity contribution in [2.45, 2.75) is 19.5 Å². The van der Waals surface area contributed by atoms with E-state index < -0.39 is 11.9 Å². The molecule has 0 unspecified atom stereocenters. The van der Waals surface area contributed by atoms with E-state index in [-0.39, 0.29) is 13.0 Å². The van der Waals surface area contributed by atoms with Crippen LogP contribution in [-0.4, -0.2) is 11.1 Å². The van der Waals surface area contributed by atoms with E-state index in [1.807, 2.05) is 13.0 Å². The third-order valence-electron chi connectivity index (χ3n) is 3.12. The van der Waals surface area contributed by atoms with Crippen LogP contribution >= 0.6 is 0 Å². The lowest BCUT2D eigenvalue weighted by Crippen LogP contribution is -2.15. The molecule has 0 aliphatic carbocycles. The van der Waals surface area contributed by atoms with Crippen molar-refractivity contribution in [1.29, 1.82) is 0 Å². The fourth-order valence-corrected chi connectivity index (χ4v) is 2.38. The Morgan fingerprint density at radius 3 is 2.50 bits per heavy atom. The van der Waals surface area contributed by atoms with Crippen LogP contribution in [0.4, 0.5) is 13.2 Å². The Balaban J connectivity index is 2.83.